The van der Waals surface area contributed by atoms with Crippen LogP contribution in [0.5, 0.6) is 0 Å². The van der Waals surface area contributed by atoms with Gasteiger partial charge in [-0.3, -0.25) is 14.4 Å². The van der Waals surface area contributed by atoms with Gasteiger partial charge in [-0.1, -0.05) is 254 Å². The first-order valence-corrected chi connectivity index (χ1v) is 30.1. The van der Waals surface area contributed by atoms with Crippen LogP contribution >= 0.6 is 0 Å². The first-order valence-electron chi connectivity index (χ1n) is 30.1. The van der Waals surface area contributed by atoms with Crippen LogP contribution in [0, 0.1) is 0 Å². The lowest BCUT2D eigenvalue weighted by Crippen LogP contribution is -2.30. The molecule has 0 saturated heterocycles. The first kappa shape index (κ1) is 67.6. The number of ether oxygens (including phenoxy) is 3. The second kappa shape index (κ2) is 59.2. The minimum absolute atomic E-state index is 0.0968. The monoisotopic (exact) mass is 989 g/mol. The third-order valence-electron chi connectivity index (χ3n) is 12.9. The summed E-state index contributed by atoms with van der Waals surface area (Å²) >= 11 is 0. The molecule has 0 aliphatic carbocycles. The van der Waals surface area contributed by atoms with Crippen LogP contribution < -0.4 is 0 Å². The Morgan fingerprint density at radius 1 is 0.282 bits per heavy atom. The van der Waals surface area contributed by atoms with E-state index < -0.39 is 6.10 Å². The highest BCUT2D eigenvalue weighted by molar-refractivity contribution is 5.71. The number of rotatable bonds is 54. The summed E-state index contributed by atoms with van der Waals surface area (Å²) in [4.78, 5) is 38.2. The summed E-state index contributed by atoms with van der Waals surface area (Å²) < 4.78 is 16.9. The average Bonchev–Trinajstić information content (AvgIpc) is 3.37. The van der Waals surface area contributed by atoms with Gasteiger partial charge in [0.05, 0.1) is 0 Å². The third-order valence-corrected chi connectivity index (χ3v) is 12.9. The van der Waals surface area contributed by atoms with E-state index in [2.05, 4.69) is 106 Å². The zero-order valence-electron chi connectivity index (χ0n) is 46.7. The van der Waals surface area contributed by atoms with Gasteiger partial charge in [0.25, 0.3) is 0 Å². The molecule has 0 radical (unpaired) electrons. The highest BCUT2D eigenvalue weighted by Gasteiger charge is 2.19. The number of hydrogen-bond acceptors (Lipinski definition) is 6. The maximum absolute atomic E-state index is 12.9. The van der Waals surface area contributed by atoms with E-state index in [1.165, 1.54) is 141 Å². The van der Waals surface area contributed by atoms with Gasteiger partial charge >= 0.3 is 17.9 Å². The summed E-state index contributed by atoms with van der Waals surface area (Å²) in [6, 6.07) is 0. The second-order valence-electron chi connectivity index (χ2n) is 19.9. The fourth-order valence-electron chi connectivity index (χ4n) is 8.32. The zero-order valence-corrected chi connectivity index (χ0v) is 46.7. The normalized spacial score (nSPS) is 12.7. The summed E-state index contributed by atoms with van der Waals surface area (Å²) in [5, 5.41) is 0. The molecule has 71 heavy (non-hydrogen) atoms. The van der Waals surface area contributed by atoms with Crippen molar-refractivity contribution in [2.45, 2.75) is 297 Å². The van der Waals surface area contributed by atoms with Crippen molar-refractivity contribution in [3.63, 3.8) is 0 Å². The van der Waals surface area contributed by atoms with Crippen molar-refractivity contribution in [2.24, 2.45) is 0 Å². The Kier molecular flexibility index (Phi) is 56.3. The lowest BCUT2D eigenvalue weighted by molar-refractivity contribution is -0.167. The van der Waals surface area contributed by atoms with Crippen LogP contribution in [0.1, 0.15) is 290 Å². The minimum atomic E-state index is -0.799. The fourth-order valence-corrected chi connectivity index (χ4v) is 8.32. The Morgan fingerprint density at radius 2 is 0.507 bits per heavy atom. The SMILES string of the molecule is CCCCC/C=C\C/C=C\C/C=C\C/C=C\CCCCCC(=O)OC[C@H](COC(=O)CCCCCC/C=C\C/C=C\C/C=C\CCCCC)OC(=O)CCCCCCCCCCCCCCCCCCC. The lowest BCUT2D eigenvalue weighted by Gasteiger charge is -2.18. The average molecular weight is 990 g/mol. The van der Waals surface area contributed by atoms with E-state index in [0.29, 0.717) is 19.3 Å². The van der Waals surface area contributed by atoms with E-state index in [1.807, 2.05) is 0 Å². The lowest BCUT2D eigenvalue weighted by atomic mass is 10.0. The van der Waals surface area contributed by atoms with Crippen molar-refractivity contribution in [3.8, 4) is 0 Å². The Labute approximate surface area is 439 Å². The number of carbonyl (C=O) groups excluding carboxylic acids is 3. The number of unbranched alkanes of at least 4 members (excludes halogenated alkanes) is 29. The first-order chi connectivity index (χ1) is 35.0. The molecule has 0 aromatic heterocycles. The summed E-state index contributed by atoms with van der Waals surface area (Å²) in [6.07, 6.45) is 77.1. The van der Waals surface area contributed by atoms with Crippen molar-refractivity contribution < 1.29 is 28.6 Å². The number of esters is 3. The molecule has 0 rings (SSSR count). The van der Waals surface area contributed by atoms with E-state index in [-0.39, 0.29) is 31.1 Å². The second-order valence-corrected chi connectivity index (χ2v) is 19.9. The predicted octanol–water partition coefficient (Wildman–Crippen LogP) is 20.3. The molecule has 0 aliphatic rings. The van der Waals surface area contributed by atoms with Crippen molar-refractivity contribution in [1.82, 2.24) is 0 Å². The van der Waals surface area contributed by atoms with Crippen molar-refractivity contribution in [3.05, 3.63) is 85.1 Å². The van der Waals surface area contributed by atoms with Crippen molar-refractivity contribution >= 4 is 17.9 Å². The van der Waals surface area contributed by atoms with Gasteiger partial charge in [-0.05, 0) is 103 Å². The molecule has 0 spiro atoms. The summed E-state index contributed by atoms with van der Waals surface area (Å²) in [5.74, 6) is -0.937. The topological polar surface area (TPSA) is 78.9 Å². The highest BCUT2D eigenvalue weighted by atomic mass is 16.6. The van der Waals surface area contributed by atoms with Gasteiger partial charge in [0.2, 0.25) is 0 Å². The molecule has 0 aliphatic heterocycles. The van der Waals surface area contributed by atoms with Gasteiger partial charge in [0.15, 0.2) is 6.10 Å². The van der Waals surface area contributed by atoms with Gasteiger partial charge in [-0.25, -0.2) is 0 Å². The maximum Gasteiger partial charge on any atom is 0.306 e. The molecular formula is C65H112O6. The maximum atomic E-state index is 12.9. The Hall–Kier alpha value is -3.41. The molecule has 6 nitrogen and oxygen atoms in total. The summed E-state index contributed by atoms with van der Waals surface area (Å²) in [5.41, 5.74) is 0. The minimum Gasteiger partial charge on any atom is -0.462 e. The highest BCUT2D eigenvalue weighted by Crippen LogP contribution is 2.16. The van der Waals surface area contributed by atoms with Crippen LogP contribution in [-0.4, -0.2) is 37.2 Å². The van der Waals surface area contributed by atoms with Gasteiger partial charge in [-0.15, -0.1) is 0 Å². The molecule has 0 aromatic rings. The standard InChI is InChI=1S/C65H112O6/c1-4-7-10-13-16-19-22-25-28-31-32-35-37-40-43-46-49-52-55-58-64(67)70-61-62(71-65(68)59-56-53-50-47-44-41-38-34-30-27-24-21-18-15-12-9-6-3)60-69-63(66)57-54-51-48-45-42-39-36-33-29-26-23-20-17-14-11-8-5-2/h16-17,19-20,25-26,28-29,32,35-36,39-40,43,62H,4-15,18,21-24,27,30-31,33-34,37-38,41-42,44-61H2,1-3H3/b19-16-,20-17-,28-25-,29-26-,35-32-,39-36-,43-40-/t62-/m0/s1. The van der Waals surface area contributed by atoms with Crippen LogP contribution in [0.2, 0.25) is 0 Å². The molecule has 408 valence electrons. The van der Waals surface area contributed by atoms with Crippen LogP contribution in [-0.2, 0) is 28.6 Å². The number of hydrogen-bond donors (Lipinski definition) is 0. The van der Waals surface area contributed by atoms with E-state index in [0.717, 1.165) is 109 Å². The molecule has 0 unspecified atom stereocenters. The van der Waals surface area contributed by atoms with Crippen LogP contribution in [0.15, 0.2) is 85.1 Å². The number of allylic oxidation sites excluding steroid dienone is 14. The molecule has 0 fully saturated rings. The molecule has 0 N–H and O–H groups in total. The Balaban J connectivity index is 4.47. The van der Waals surface area contributed by atoms with Crippen LogP contribution in [0.25, 0.3) is 0 Å². The van der Waals surface area contributed by atoms with E-state index >= 15 is 0 Å². The molecule has 0 saturated carbocycles. The Bertz CT molecular complexity index is 1370. The van der Waals surface area contributed by atoms with Gasteiger partial charge in [0.1, 0.15) is 13.2 Å². The van der Waals surface area contributed by atoms with Gasteiger partial charge in [0, 0.05) is 19.3 Å². The molecule has 0 heterocycles. The fraction of sp³-hybridized carbons (Fsp3) is 0.738. The Morgan fingerprint density at radius 3 is 0.831 bits per heavy atom. The van der Waals surface area contributed by atoms with Crippen molar-refractivity contribution in [1.29, 1.82) is 0 Å². The zero-order chi connectivity index (χ0) is 51.4. The predicted molar refractivity (Wildman–Crippen MR) is 307 cm³/mol. The molecule has 0 amide bonds. The molecule has 0 bridgehead atoms. The van der Waals surface area contributed by atoms with E-state index in [9.17, 15) is 14.4 Å². The smallest absolute Gasteiger partial charge is 0.306 e. The molecule has 0 aromatic carbocycles. The van der Waals surface area contributed by atoms with Crippen molar-refractivity contribution in [2.75, 3.05) is 13.2 Å². The van der Waals surface area contributed by atoms with Gasteiger partial charge in [-0.2, -0.15) is 0 Å². The van der Waals surface area contributed by atoms with E-state index in [1.54, 1.807) is 0 Å². The molecule has 6 heteroatoms. The quantitative estimate of drug-likeness (QED) is 0.0261. The van der Waals surface area contributed by atoms with Gasteiger partial charge < -0.3 is 14.2 Å². The van der Waals surface area contributed by atoms with Crippen LogP contribution in [0.4, 0.5) is 0 Å². The van der Waals surface area contributed by atoms with E-state index in [4.69, 9.17) is 14.2 Å². The largest absolute Gasteiger partial charge is 0.462 e. The number of carbonyl (C=O) groups is 3. The summed E-state index contributed by atoms with van der Waals surface area (Å²) in [7, 11) is 0. The summed E-state index contributed by atoms with van der Waals surface area (Å²) in [6.45, 7) is 6.56. The molecule has 1 atom stereocenters. The molecular weight excluding hydrogens is 877 g/mol. The third kappa shape index (κ3) is 57.4. The van der Waals surface area contributed by atoms with Crippen LogP contribution in [0.3, 0.4) is 0 Å².